The predicted octanol–water partition coefficient (Wildman–Crippen LogP) is 20.0. The van der Waals surface area contributed by atoms with Crippen LogP contribution in [0.5, 0.6) is 0 Å². The Hall–Kier alpha value is -6.00. The number of nitrogens with zero attached hydrogens (tertiary/aromatic N) is 2. The Bertz CT molecular complexity index is 2950. The lowest BCUT2D eigenvalue weighted by atomic mass is 9.70. The molecular weight excluding hydrogens is 917 g/mol. The van der Waals surface area contributed by atoms with E-state index in [1.807, 2.05) is 23.5 Å². The molecule has 0 fully saturated rings. The summed E-state index contributed by atoms with van der Waals surface area (Å²) in [5, 5.41) is 19.0. The van der Waals surface area contributed by atoms with Gasteiger partial charge in [0.15, 0.2) is 0 Å². The number of hydrogen-bond donors (Lipinski definition) is 1. The second kappa shape index (κ2) is 22.8. The van der Waals surface area contributed by atoms with Crippen molar-refractivity contribution in [3.63, 3.8) is 0 Å². The minimum absolute atomic E-state index is 0.0309. The zero-order valence-electron chi connectivity index (χ0n) is 43.3. The van der Waals surface area contributed by atoms with Crippen molar-refractivity contribution >= 4 is 51.8 Å². The first-order valence-electron chi connectivity index (χ1n) is 27.2. The number of fused-ring (bicyclic) bond motifs is 6. The molecule has 2 aromatic heterocycles. The Kier molecular flexibility index (Phi) is 16.1. The van der Waals surface area contributed by atoms with Gasteiger partial charge in [0, 0.05) is 47.4 Å². The van der Waals surface area contributed by atoms with Crippen LogP contribution in [0, 0.1) is 11.3 Å². The maximum atomic E-state index is 11.7. The fourth-order valence-electron chi connectivity index (χ4n) is 12.2. The summed E-state index contributed by atoms with van der Waals surface area (Å²) in [5.74, 6) is -1.20. The number of thiophene rings is 2. The number of anilines is 3. The molecule has 6 heteroatoms. The SMILES string of the molecule is CCCCCCc1cc(-c2ccc(/C=C(\C#N)C(=O)O)s2)sc1-c1ccc(N(c2ccc3c(c2)C(CCCC)(CCCC)c2ccccc2-3)c2ccc3c(c2)C(CCCC)(CCCC)c2ccccc2-3)cc1. The lowest BCUT2D eigenvalue weighted by Gasteiger charge is -2.35. The summed E-state index contributed by atoms with van der Waals surface area (Å²) in [6.45, 7) is 11.6. The molecule has 0 amide bonds. The molecule has 0 atom stereocenters. The van der Waals surface area contributed by atoms with Gasteiger partial charge in [-0.25, -0.2) is 4.79 Å². The molecule has 4 nitrogen and oxygen atoms in total. The van der Waals surface area contributed by atoms with Gasteiger partial charge in [0.05, 0.1) is 0 Å². The standard InChI is InChI=1S/C66H72N2O2S2/c1-6-11-16-17-22-47-42-62(61-36-33-52(71-61)41-48(45-67)64(69)70)72-63(47)46-27-29-49(30-28-46)68(50-31-34-55-53-23-18-20-25-57(53)65(37-12-7-2,38-13-8-3)59(55)43-50)51-32-35-56-54-24-19-21-26-58(54)66(39-14-9-4,40-15-10-5)60(56)44-51/h18-21,23-36,41-44H,6-17,22,37-40H2,1-5H3,(H,69,70)/b48-41+. The van der Waals surface area contributed by atoms with E-state index >= 15 is 0 Å². The second-order valence-electron chi connectivity index (χ2n) is 20.5. The first kappa shape index (κ1) is 50.9. The van der Waals surface area contributed by atoms with Gasteiger partial charge in [-0.05, 0) is 155 Å². The monoisotopic (exact) mass is 989 g/mol. The number of unbranched alkanes of at least 4 members (excludes halogenated alkanes) is 7. The van der Waals surface area contributed by atoms with Crippen LogP contribution in [0.1, 0.15) is 170 Å². The van der Waals surface area contributed by atoms with Gasteiger partial charge in [-0.3, -0.25) is 0 Å². The molecule has 72 heavy (non-hydrogen) atoms. The molecule has 2 aliphatic rings. The average Bonchev–Trinajstić information content (AvgIpc) is 4.18. The van der Waals surface area contributed by atoms with Gasteiger partial charge in [-0.1, -0.05) is 178 Å². The Morgan fingerprint density at radius 3 is 1.54 bits per heavy atom. The van der Waals surface area contributed by atoms with Crippen molar-refractivity contribution in [2.75, 3.05) is 4.90 Å². The van der Waals surface area contributed by atoms with Gasteiger partial charge in [0.2, 0.25) is 0 Å². The van der Waals surface area contributed by atoms with Gasteiger partial charge >= 0.3 is 5.97 Å². The minimum Gasteiger partial charge on any atom is -0.477 e. The number of nitriles is 1. The van der Waals surface area contributed by atoms with Gasteiger partial charge < -0.3 is 10.0 Å². The normalized spacial score (nSPS) is 13.9. The molecule has 0 spiro atoms. The zero-order chi connectivity index (χ0) is 50.2. The predicted molar refractivity (Wildman–Crippen MR) is 307 cm³/mol. The molecule has 0 bridgehead atoms. The lowest BCUT2D eigenvalue weighted by Crippen LogP contribution is -2.26. The van der Waals surface area contributed by atoms with E-state index in [0.717, 1.165) is 54.0 Å². The van der Waals surface area contributed by atoms with Crippen LogP contribution in [0.4, 0.5) is 17.1 Å². The van der Waals surface area contributed by atoms with E-state index in [-0.39, 0.29) is 16.4 Å². The highest BCUT2D eigenvalue weighted by Crippen LogP contribution is 2.58. The Balaban J connectivity index is 1.19. The Morgan fingerprint density at radius 1 is 0.542 bits per heavy atom. The maximum Gasteiger partial charge on any atom is 0.346 e. The van der Waals surface area contributed by atoms with Crippen LogP contribution in [-0.2, 0) is 22.0 Å². The molecule has 0 saturated heterocycles. The number of benzene rings is 5. The van der Waals surface area contributed by atoms with Crippen molar-refractivity contribution in [3.05, 3.63) is 166 Å². The first-order valence-corrected chi connectivity index (χ1v) is 28.8. The molecule has 2 heterocycles. The number of rotatable bonds is 24. The van der Waals surface area contributed by atoms with E-state index in [0.29, 0.717) is 0 Å². The summed E-state index contributed by atoms with van der Waals surface area (Å²) in [4.78, 5) is 18.5. The van der Waals surface area contributed by atoms with Crippen LogP contribution in [0.15, 0.2) is 133 Å². The topological polar surface area (TPSA) is 64.3 Å². The summed E-state index contributed by atoms with van der Waals surface area (Å²) in [7, 11) is 0. The fraction of sp³-hybridized carbons (Fsp3) is 0.364. The van der Waals surface area contributed by atoms with Gasteiger partial charge in [-0.2, -0.15) is 5.26 Å². The Labute approximate surface area is 438 Å². The fourth-order valence-corrected chi connectivity index (χ4v) is 14.4. The third-order valence-corrected chi connectivity index (χ3v) is 18.3. The number of carboxylic acids is 1. The maximum absolute atomic E-state index is 11.7. The zero-order valence-corrected chi connectivity index (χ0v) is 44.9. The molecule has 1 N–H and O–H groups in total. The van der Waals surface area contributed by atoms with E-state index in [4.69, 9.17) is 0 Å². The summed E-state index contributed by atoms with van der Waals surface area (Å²) in [6, 6.07) is 50.9. The molecular formula is C66H72N2O2S2. The van der Waals surface area contributed by atoms with E-state index in [1.165, 1.54) is 165 Å². The second-order valence-corrected chi connectivity index (χ2v) is 22.6. The van der Waals surface area contributed by atoms with Crippen molar-refractivity contribution in [2.45, 2.75) is 155 Å². The molecule has 0 aliphatic heterocycles. The highest BCUT2D eigenvalue weighted by atomic mass is 32.1. The minimum atomic E-state index is -1.20. The largest absolute Gasteiger partial charge is 0.477 e. The van der Waals surface area contributed by atoms with Crippen LogP contribution in [-0.4, -0.2) is 11.1 Å². The summed E-state index contributed by atoms with van der Waals surface area (Å²) in [5.41, 5.74) is 17.4. The van der Waals surface area contributed by atoms with Crippen LogP contribution in [0.2, 0.25) is 0 Å². The number of aryl methyl sites for hydroxylation is 1. The van der Waals surface area contributed by atoms with E-state index in [2.05, 4.69) is 161 Å². The molecule has 0 saturated carbocycles. The smallest absolute Gasteiger partial charge is 0.346 e. The van der Waals surface area contributed by atoms with Crippen molar-refractivity contribution < 1.29 is 9.90 Å². The number of carboxylic acid groups (broad SMARTS) is 1. The van der Waals surface area contributed by atoms with Crippen LogP contribution < -0.4 is 4.90 Å². The summed E-state index contributed by atoms with van der Waals surface area (Å²) >= 11 is 3.35. The van der Waals surface area contributed by atoms with Crippen molar-refractivity contribution in [3.8, 4) is 48.5 Å². The van der Waals surface area contributed by atoms with E-state index < -0.39 is 5.97 Å². The summed E-state index contributed by atoms with van der Waals surface area (Å²) in [6.07, 6.45) is 21.3. The molecule has 0 radical (unpaired) electrons. The molecule has 370 valence electrons. The highest BCUT2D eigenvalue weighted by molar-refractivity contribution is 7.24. The number of carbonyl (C=O) groups is 1. The third kappa shape index (κ3) is 9.80. The molecule has 5 aromatic carbocycles. The molecule has 0 unspecified atom stereocenters. The third-order valence-electron chi connectivity index (χ3n) is 15.9. The Morgan fingerprint density at radius 2 is 1.04 bits per heavy atom. The first-order chi connectivity index (χ1) is 35.2. The number of hydrogen-bond acceptors (Lipinski definition) is 5. The van der Waals surface area contributed by atoms with Crippen molar-refractivity contribution in [1.82, 2.24) is 0 Å². The van der Waals surface area contributed by atoms with Crippen molar-refractivity contribution in [2.24, 2.45) is 0 Å². The summed E-state index contributed by atoms with van der Waals surface area (Å²) < 4.78 is 0. The molecule has 7 aromatic rings. The van der Waals surface area contributed by atoms with E-state index in [9.17, 15) is 15.2 Å². The lowest BCUT2D eigenvalue weighted by molar-refractivity contribution is -0.132. The van der Waals surface area contributed by atoms with Gasteiger partial charge in [-0.15, -0.1) is 22.7 Å². The average molecular weight is 989 g/mol. The van der Waals surface area contributed by atoms with Gasteiger partial charge in [0.25, 0.3) is 0 Å². The van der Waals surface area contributed by atoms with Crippen LogP contribution in [0.25, 0.3) is 48.5 Å². The van der Waals surface area contributed by atoms with Crippen LogP contribution in [0.3, 0.4) is 0 Å². The highest BCUT2D eigenvalue weighted by Gasteiger charge is 2.44. The quantitative estimate of drug-likeness (QED) is 0.0372. The molecule has 2 aliphatic carbocycles. The number of aliphatic carboxylic acids is 1. The molecule has 9 rings (SSSR count). The van der Waals surface area contributed by atoms with Crippen LogP contribution >= 0.6 is 22.7 Å². The van der Waals surface area contributed by atoms with Crippen molar-refractivity contribution in [1.29, 1.82) is 5.26 Å². The van der Waals surface area contributed by atoms with E-state index in [1.54, 1.807) is 0 Å². The van der Waals surface area contributed by atoms with Gasteiger partial charge in [0.1, 0.15) is 11.6 Å².